The first kappa shape index (κ1) is 6.86. The molecule has 1 atom stereocenters. The number of fused-ring (bicyclic) bond motifs is 1. The third kappa shape index (κ3) is 0.940. The highest BCUT2D eigenvalue weighted by Crippen LogP contribution is 2.39. The zero-order valence-corrected chi connectivity index (χ0v) is 7.96. The SMILES string of the molecule is [CH2]C1CCc2sc(Br)cc21. The maximum Gasteiger partial charge on any atom is 0.0704 e. The summed E-state index contributed by atoms with van der Waals surface area (Å²) in [7, 11) is 0. The Labute approximate surface area is 73.4 Å². The molecule has 0 amide bonds. The number of hydrogen-bond donors (Lipinski definition) is 0. The number of hydrogen-bond acceptors (Lipinski definition) is 1. The molecule has 0 spiro atoms. The predicted molar refractivity (Wildman–Crippen MR) is 48.4 cm³/mol. The lowest BCUT2D eigenvalue weighted by Gasteiger charge is -1.96. The molecule has 0 nitrogen and oxygen atoms in total. The second-order valence-corrected chi connectivity index (χ2v) is 5.18. The average Bonchev–Trinajstić information content (AvgIpc) is 2.35. The molecule has 1 aromatic heterocycles. The molecule has 1 aliphatic rings. The first-order valence-electron chi connectivity index (χ1n) is 3.38. The van der Waals surface area contributed by atoms with Gasteiger partial charge >= 0.3 is 0 Å². The van der Waals surface area contributed by atoms with E-state index in [-0.39, 0.29) is 0 Å². The van der Waals surface area contributed by atoms with Crippen LogP contribution in [0.2, 0.25) is 0 Å². The van der Waals surface area contributed by atoms with Crippen molar-refractivity contribution in [1.82, 2.24) is 0 Å². The van der Waals surface area contributed by atoms with E-state index in [0.29, 0.717) is 5.92 Å². The maximum atomic E-state index is 4.08. The van der Waals surface area contributed by atoms with E-state index in [0.717, 1.165) is 0 Å². The standard InChI is InChI=1S/C8H8BrS/c1-5-2-3-7-6(5)4-8(9)10-7/h4-5H,1-3H2. The van der Waals surface area contributed by atoms with Gasteiger partial charge in [-0.2, -0.15) is 0 Å². The fourth-order valence-electron chi connectivity index (χ4n) is 1.41. The van der Waals surface area contributed by atoms with Crippen molar-refractivity contribution in [2.75, 3.05) is 0 Å². The predicted octanol–water partition coefficient (Wildman–Crippen LogP) is 3.37. The summed E-state index contributed by atoms with van der Waals surface area (Å²) in [6.45, 7) is 4.08. The molecule has 10 heavy (non-hydrogen) atoms. The van der Waals surface area contributed by atoms with E-state index < -0.39 is 0 Å². The molecule has 1 unspecified atom stereocenters. The van der Waals surface area contributed by atoms with Crippen molar-refractivity contribution < 1.29 is 0 Å². The van der Waals surface area contributed by atoms with E-state index in [1.165, 1.54) is 27.1 Å². The van der Waals surface area contributed by atoms with E-state index in [4.69, 9.17) is 0 Å². The topological polar surface area (TPSA) is 0 Å². The summed E-state index contributed by atoms with van der Waals surface area (Å²) in [6, 6.07) is 2.21. The van der Waals surface area contributed by atoms with Crippen LogP contribution in [0.5, 0.6) is 0 Å². The second kappa shape index (κ2) is 2.35. The molecular formula is C8H8BrS. The molecule has 53 valence electrons. The van der Waals surface area contributed by atoms with Crippen LogP contribution in [0.4, 0.5) is 0 Å². The van der Waals surface area contributed by atoms with Crippen LogP contribution < -0.4 is 0 Å². The summed E-state index contributed by atoms with van der Waals surface area (Å²) < 4.78 is 1.26. The summed E-state index contributed by atoms with van der Waals surface area (Å²) in [5.41, 5.74) is 1.47. The lowest BCUT2D eigenvalue weighted by Crippen LogP contribution is -1.81. The van der Waals surface area contributed by atoms with Gasteiger partial charge in [0.05, 0.1) is 3.79 Å². The first-order valence-corrected chi connectivity index (χ1v) is 4.99. The molecule has 1 aromatic rings. The monoisotopic (exact) mass is 215 g/mol. The number of aryl methyl sites for hydroxylation is 1. The van der Waals surface area contributed by atoms with Crippen LogP contribution in [0, 0.1) is 6.92 Å². The molecule has 0 saturated heterocycles. The van der Waals surface area contributed by atoms with Gasteiger partial charge in [-0.25, -0.2) is 0 Å². The zero-order chi connectivity index (χ0) is 7.14. The summed E-state index contributed by atoms with van der Waals surface area (Å²) in [4.78, 5) is 1.53. The molecule has 0 aromatic carbocycles. The Morgan fingerprint density at radius 3 is 3.20 bits per heavy atom. The first-order chi connectivity index (χ1) is 4.77. The molecule has 1 aliphatic carbocycles. The Balaban J connectivity index is 2.49. The molecule has 2 heteroatoms. The highest BCUT2D eigenvalue weighted by Gasteiger charge is 2.20. The molecule has 1 radical (unpaired) electrons. The van der Waals surface area contributed by atoms with Crippen molar-refractivity contribution in [3.05, 3.63) is 27.2 Å². The van der Waals surface area contributed by atoms with E-state index in [2.05, 4.69) is 28.9 Å². The van der Waals surface area contributed by atoms with Gasteiger partial charge in [0.15, 0.2) is 0 Å². The van der Waals surface area contributed by atoms with E-state index >= 15 is 0 Å². The van der Waals surface area contributed by atoms with E-state index in [1.807, 2.05) is 11.3 Å². The van der Waals surface area contributed by atoms with Gasteiger partial charge in [-0.05, 0) is 53.2 Å². The third-order valence-electron chi connectivity index (χ3n) is 1.97. The van der Waals surface area contributed by atoms with Crippen molar-refractivity contribution in [3.63, 3.8) is 0 Å². The molecule has 0 N–H and O–H groups in total. The largest absolute Gasteiger partial charge is 0.133 e. The molecule has 0 bridgehead atoms. The van der Waals surface area contributed by atoms with Crippen LogP contribution in [0.3, 0.4) is 0 Å². The van der Waals surface area contributed by atoms with Crippen LogP contribution >= 0.6 is 27.3 Å². The molecule has 0 saturated carbocycles. The molecule has 2 rings (SSSR count). The van der Waals surface area contributed by atoms with Crippen molar-refractivity contribution in [1.29, 1.82) is 0 Å². The van der Waals surface area contributed by atoms with Gasteiger partial charge in [-0.15, -0.1) is 11.3 Å². The Morgan fingerprint density at radius 1 is 1.70 bits per heavy atom. The van der Waals surface area contributed by atoms with Crippen LogP contribution in [0.1, 0.15) is 22.8 Å². The smallest absolute Gasteiger partial charge is 0.0704 e. The minimum atomic E-state index is 0.553. The lowest BCUT2D eigenvalue weighted by molar-refractivity contribution is 0.811. The zero-order valence-electron chi connectivity index (χ0n) is 5.56. The normalized spacial score (nSPS) is 23.2. The lowest BCUT2D eigenvalue weighted by atomic mass is 10.1. The Kier molecular flexibility index (Phi) is 1.61. The van der Waals surface area contributed by atoms with Gasteiger partial charge in [0.25, 0.3) is 0 Å². The number of thiophene rings is 1. The van der Waals surface area contributed by atoms with Crippen LogP contribution in [-0.4, -0.2) is 0 Å². The quantitative estimate of drug-likeness (QED) is 0.623. The summed E-state index contributed by atoms with van der Waals surface area (Å²) in [5.74, 6) is 0.553. The molecule has 1 heterocycles. The number of halogens is 1. The Hall–Kier alpha value is 0.180. The van der Waals surface area contributed by atoms with Crippen molar-refractivity contribution in [3.8, 4) is 0 Å². The average molecular weight is 216 g/mol. The van der Waals surface area contributed by atoms with Gasteiger partial charge in [0, 0.05) is 4.88 Å². The van der Waals surface area contributed by atoms with Gasteiger partial charge in [-0.3, -0.25) is 0 Å². The van der Waals surface area contributed by atoms with Gasteiger partial charge < -0.3 is 0 Å². The summed E-state index contributed by atoms with van der Waals surface area (Å²) in [5, 5.41) is 0. The summed E-state index contributed by atoms with van der Waals surface area (Å²) >= 11 is 5.33. The van der Waals surface area contributed by atoms with Crippen LogP contribution in [0.25, 0.3) is 0 Å². The van der Waals surface area contributed by atoms with E-state index in [9.17, 15) is 0 Å². The fourth-order valence-corrected chi connectivity index (χ4v) is 3.23. The van der Waals surface area contributed by atoms with Crippen molar-refractivity contribution >= 4 is 27.3 Å². The molecule has 0 aliphatic heterocycles. The van der Waals surface area contributed by atoms with Crippen molar-refractivity contribution in [2.45, 2.75) is 18.8 Å². The minimum absolute atomic E-state index is 0.553. The summed E-state index contributed by atoms with van der Waals surface area (Å²) in [6.07, 6.45) is 2.48. The van der Waals surface area contributed by atoms with Gasteiger partial charge in [0.2, 0.25) is 0 Å². The molecule has 0 fully saturated rings. The van der Waals surface area contributed by atoms with Gasteiger partial charge in [-0.1, -0.05) is 0 Å². The minimum Gasteiger partial charge on any atom is -0.133 e. The fraction of sp³-hybridized carbons (Fsp3) is 0.375. The van der Waals surface area contributed by atoms with Gasteiger partial charge in [0.1, 0.15) is 0 Å². The van der Waals surface area contributed by atoms with E-state index in [1.54, 1.807) is 0 Å². The van der Waals surface area contributed by atoms with Crippen molar-refractivity contribution in [2.24, 2.45) is 0 Å². The Bertz CT molecular complexity index is 252. The molecular weight excluding hydrogens is 208 g/mol. The maximum absolute atomic E-state index is 4.08. The van der Waals surface area contributed by atoms with Crippen LogP contribution in [0.15, 0.2) is 9.85 Å². The van der Waals surface area contributed by atoms with Crippen LogP contribution in [-0.2, 0) is 6.42 Å². The third-order valence-corrected chi connectivity index (χ3v) is 3.68. The second-order valence-electron chi connectivity index (χ2n) is 2.66. The Morgan fingerprint density at radius 2 is 2.50 bits per heavy atom. The highest BCUT2D eigenvalue weighted by molar-refractivity contribution is 9.11. The number of rotatable bonds is 0. The highest BCUT2D eigenvalue weighted by atomic mass is 79.9.